The molecule has 5 heteroatoms. The van der Waals surface area contributed by atoms with E-state index in [1.165, 1.54) is 6.07 Å². The van der Waals surface area contributed by atoms with Gasteiger partial charge in [-0.2, -0.15) is 0 Å². The number of anilines is 1. The molecule has 1 aromatic heterocycles. The summed E-state index contributed by atoms with van der Waals surface area (Å²) < 4.78 is 0. The molecule has 0 aromatic carbocycles. The third kappa shape index (κ3) is 1.69. The van der Waals surface area contributed by atoms with Crippen LogP contribution in [0.1, 0.15) is 18.4 Å². The SMILES string of the molecule is CCc1nc(N)cc(C(=N)N)n1. The summed E-state index contributed by atoms with van der Waals surface area (Å²) in [7, 11) is 0. The number of hydrogen-bond donors (Lipinski definition) is 3. The fraction of sp³-hybridized carbons (Fsp3) is 0.286. The monoisotopic (exact) mass is 165 g/mol. The largest absolute Gasteiger partial charge is 0.384 e. The molecule has 0 atom stereocenters. The molecule has 0 unspecified atom stereocenters. The van der Waals surface area contributed by atoms with Crippen LogP contribution in [0.3, 0.4) is 0 Å². The van der Waals surface area contributed by atoms with Gasteiger partial charge in [0.05, 0.1) is 0 Å². The molecular weight excluding hydrogens is 154 g/mol. The normalized spacial score (nSPS) is 9.75. The maximum absolute atomic E-state index is 7.14. The molecule has 5 nitrogen and oxygen atoms in total. The van der Waals surface area contributed by atoms with Crippen molar-refractivity contribution < 1.29 is 0 Å². The fourth-order valence-electron chi connectivity index (χ4n) is 0.814. The van der Waals surface area contributed by atoms with Crippen molar-refractivity contribution in [1.82, 2.24) is 9.97 Å². The Morgan fingerprint density at radius 3 is 2.75 bits per heavy atom. The molecule has 0 radical (unpaired) electrons. The highest BCUT2D eigenvalue weighted by atomic mass is 15.0. The van der Waals surface area contributed by atoms with E-state index >= 15 is 0 Å². The van der Waals surface area contributed by atoms with Crippen LogP contribution in [0.25, 0.3) is 0 Å². The molecule has 0 aliphatic rings. The lowest BCUT2D eigenvalue weighted by molar-refractivity contribution is 0.937. The van der Waals surface area contributed by atoms with E-state index in [2.05, 4.69) is 9.97 Å². The molecule has 5 N–H and O–H groups in total. The Kier molecular flexibility index (Phi) is 2.23. The van der Waals surface area contributed by atoms with Crippen molar-refractivity contribution in [3.63, 3.8) is 0 Å². The zero-order valence-electron chi connectivity index (χ0n) is 6.83. The summed E-state index contributed by atoms with van der Waals surface area (Å²) in [6.45, 7) is 1.92. The second-order valence-corrected chi connectivity index (χ2v) is 2.36. The van der Waals surface area contributed by atoms with Crippen molar-refractivity contribution in [2.75, 3.05) is 5.73 Å². The van der Waals surface area contributed by atoms with E-state index < -0.39 is 0 Å². The smallest absolute Gasteiger partial charge is 0.142 e. The van der Waals surface area contributed by atoms with E-state index in [0.717, 1.165) is 0 Å². The van der Waals surface area contributed by atoms with Crippen LogP contribution < -0.4 is 11.5 Å². The number of hydrogen-bond acceptors (Lipinski definition) is 4. The van der Waals surface area contributed by atoms with Crippen LogP contribution in [0.2, 0.25) is 0 Å². The second kappa shape index (κ2) is 3.17. The molecule has 1 aromatic rings. The molecule has 1 rings (SSSR count). The fourth-order valence-corrected chi connectivity index (χ4v) is 0.814. The van der Waals surface area contributed by atoms with Crippen LogP contribution in [-0.4, -0.2) is 15.8 Å². The van der Waals surface area contributed by atoms with Gasteiger partial charge in [0.1, 0.15) is 23.2 Å². The van der Waals surface area contributed by atoms with Crippen molar-refractivity contribution in [2.24, 2.45) is 5.73 Å². The van der Waals surface area contributed by atoms with Gasteiger partial charge in [-0.15, -0.1) is 0 Å². The van der Waals surface area contributed by atoms with Gasteiger partial charge in [0.25, 0.3) is 0 Å². The summed E-state index contributed by atoms with van der Waals surface area (Å²) in [6.07, 6.45) is 0.686. The van der Waals surface area contributed by atoms with E-state index in [-0.39, 0.29) is 5.84 Å². The van der Waals surface area contributed by atoms with Crippen LogP contribution in [0, 0.1) is 5.41 Å². The summed E-state index contributed by atoms with van der Waals surface area (Å²) in [6, 6.07) is 1.49. The first kappa shape index (κ1) is 8.45. The Morgan fingerprint density at radius 1 is 1.58 bits per heavy atom. The molecule has 1 heterocycles. The van der Waals surface area contributed by atoms with Crippen molar-refractivity contribution in [1.29, 1.82) is 5.41 Å². The van der Waals surface area contributed by atoms with Crippen molar-refractivity contribution in [3.8, 4) is 0 Å². The van der Waals surface area contributed by atoms with Gasteiger partial charge in [-0.3, -0.25) is 5.41 Å². The summed E-state index contributed by atoms with van der Waals surface area (Å²) in [5, 5.41) is 7.14. The highest BCUT2D eigenvalue weighted by Crippen LogP contribution is 2.02. The average molecular weight is 165 g/mol. The third-order valence-electron chi connectivity index (χ3n) is 1.38. The third-order valence-corrected chi connectivity index (χ3v) is 1.38. The van der Waals surface area contributed by atoms with Gasteiger partial charge in [0.2, 0.25) is 0 Å². The number of nitrogens with zero attached hydrogens (tertiary/aromatic N) is 2. The summed E-state index contributed by atoms with van der Waals surface area (Å²) in [5.74, 6) is 0.881. The van der Waals surface area contributed by atoms with Gasteiger partial charge in [-0.05, 0) is 0 Å². The Morgan fingerprint density at radius 2 is 2.25 bits per heavy atom. The van der Waals surface area contributed by atoms with Crippen LogP contribution in [0.15, 0.2) is 6.07 Å². The Bertz CT molecular complexity index is 307. The van der Waals surface area contributed by atoms with Crippen molar-refractivity contribution in [2.45, 2.75) is 13.3 Å². The molecule has 0 saturated carbocycles. The number of rotatable bonds is 2. The predicted molar refractivity (Wildman–Crippen MR) is 46.8 cm³/mol. The van der Waals surface area contributed by atoms with Crippen LogP contribution in [0.5, 0.6) is 0 Å². The molecule has 0 spiro atoms. The first-order valence-electron chi connectivity index (χ1n) is 3.61. The topological polar surface area (TPSA) is 102 Å². The molecule has 64 valence electrons. The molecule has 0 aliphatic heterocycles. The molecule has 0 saturated heterocycles. The molecule has 0 amide bonds. The molecule has 12 heavy (non-hydrogen) atoms. The molecule has 0 aliphatic carbocycles. The number of amidine groups is 1. The van der Waals surface area contributed by atoms with Gasteiger partial charge in [0, 0.05) is 12.5 Å². The van der Waals surface area contributed by atoms with Gasteiger partial charge in [-0.1, -0.05) is 6.92 Å². The maximum Gasteiger partial charge on any atom is 0.142 e. The molecule has 0 bridgehead atoms. The van der Waals surface area contributed by atoms with Crippen LogP contribution in [-0.2, 0) is 6.42 Å². The number of nitrogens with one attached hydrogen (secondary N) is 1. The quantitative estimate of drug-likeness (QED) is 0.421. The first-order valence-corrected chi connectivity index (χ1v) is 3.61. The minimum Gasteiger partial charge on any atom is -0.384 e. The van der Waals surface area contributed by atoms with E-state index in [4.69, 9.17) is 16.9 Å². The number of aromatic nitrogens is 2. The Balaban J connectivity index is 3.15. The van der Waals surface area contributed by atoms with E-state index in [0.29, 0.717) is 23.8 Å². The summed E-state index contributed by atoms with van der Waals surface area (Å²) >= 11 is 0. The lowest BCUT2D eigenvalue weighted by Crippen LogP contribution is -2.15. The average Bonchev–Trinajstić information content (AvgIpc) is 2.03. The van der Waals surface area contributed by atoms with Crippen molar-refractivity contribution in [3.05, 3.63) is 17.6 Å². The maximum atomic E-state index is 7.14. The number of aryl methyl sites for hydroxylation is 1. The predicted octanol–water partition coefficient (Wildman–Crippen LogP) is -0.0947. The van der Waals surface area contributed by atoms with E-state index in [9.17, 15) is 0 Å². The second-order valence-electron chi connectivity index (χ2n) is 2.36. The Hall–Kier alpha value is -1.65. The van der Waals surface area contributed by atoms with E-state index in [1.807, 2.05) is 6.92 Å². The molecular formula is C7H11N5. The standard InChI is InChI=1S/C7H11N5/c1-2-6-11-4(7(9)10)3-5(8)12-6/h3H,2H2,1H3,(H3,9,10)(H2,8,11,12). The zero-order valence-corrected chi connectivity index (χ0v) is 6.83. The highest BCUT2D eigenvalue weighted by molar-refractivity contribution is 5.93. The summed E-state index contributed by atoms with van der Waals surface area (Å²) in [5.41, 5.74) is 11.1. The van der Waals surface area contributed by atoms with E-state index in [1.54, 1.807) is 0 Å². The van der Waals surface area contributed by atoms with Gasteiger partial charge >= 0.3 is 0 Å². The lowest BCUT2D eigenvalue weighted by atomic mass is 10.3. The van der Waals surface area contributed by atoms with Gasteiger partial charge in [-0.25, -0.2) is 9.97 Å². The summed E-state index contributed by atoms with van der Waals surface area (Å²) in [4.78, 5) is 7.96. The van der Waals surface area contributed by atoms with Gasteiger partial charge in [0.15, 0.2) is 0 Å². The van der Waals surface area contributed by atoms with Crippen LogP contribution in [0.4, 0.5) is 5.82 Å². The minimum absolute atomic E-state index is 0.0844. The zero-order chi connectivity index (χ0) is 9.14. The molecule has 0 fully saturated rings. The number of nitrogen functional groups attached to an aromatic ring is 2. The number of nitrogens with two attached hydrogens (primary N) is 2. The lowest BCUT2D eigenvalue weighted by Gasteiger charge is -2.01. The van der Waals surface area contributed by atoms with Gasteiger partial charge < -0.3 is 11.5 Å². The van der Waals surface area contributed by atoms with Crippen LogP contribution >= 0.6 is 0 Å². The van der Waals surface area contributed by atoms with Crippen molar-refractivity contribution >= 4 is 11.7 Å². The Labute approximate surface area is 70.3 Å². The highest BCUT2D eigenvalue weighted by Gasteiger charge is 2.02. The first-order chi connectivity index (χ1) is 5.63. The minimum atomic E-state index is -0.0844.